The molecule has 1 aliphatic rings. The number of fused-ring (bicyclic) bond motifs is 1. The van der Waals surface area contributed by atoms with E-state index in [2.05, 4.69) is 15.6 Å². The maximum atomic E-state index is 13.2. The van der Waals surface area contributed by atoms with Crippen molar-refractivity contribution in [1.29, 1.82) is 0 Å². The molecule has 0 fully saturated rings. The monoisotopic (exact) mass is 503 g/mol. The SMILES string of the molecule is COc1ccc(C(=O)Nc2c(Cl)cncc2Cl)c2c1OCC2CC(=O)NCc1ccc(F)cc1. The van der Waals surface area contributed by atoms with Gasteiger partial charge in [0.05, 0.1) is 29.4 Å². The first-order valence-electron chi connectivity index (χ1n) is 10.3. The number of amides is 2. The van der Waals surface area contributed by atoms with Gasteiger partial charge in [0, 0.05) is 42.4 Å². The number of nitrogens with one attached hydrogen (secondary N) is 2. The van der Waals surface area contributed by atoms with E-state index in [1.165, 1.54) is 31.6 Å². The van der Waals surface area contributed by atoms with Crippen LogP contribution < -0.4 is 20.1 Å². The van der Waals surface area contributed by atoms with E-state index in [-0.39, 0.29) is 52.9 Å². The van der Waals surface area contributed by atoms with E-state index in [0.717, 1.165) is 5.56 Å². The second-order valence-corrected chi connectivity index (χ2v) is 8.42. The van der Waals surface area contributed by atoms with Crippen LogP contribution in [0.2, 0.25) is 10.0 Å². The predicted octanol–water partition coefficient (Wildman–Crippen LogP) is 4.97. The third-order valence-electron chi connectivity index (χ3n) is 5.39. The predicted molar refractivity (Wildman–Crippen MR) is 126 cm³/mol. The van der Waals surface area contributed by atoms with Crippen LogP contribution in [0.25, 0.3) is 0 Å². The number of carbonyl (C=O) groups is 2. The zero-order valence-corrected chi connectivity index (χ0v) is 19.5. The normalized spacial score (nSPS) is 14.2. The molecule has 2 amide bonds. The first-order chi connectivity index (χ1) is 16.4. The molecule has 1 atom stereocenters. The quantitative estimate of drug-likeness (QED) is 0.474. The fraction of sp³-hybridized carbons (Fsp3) is 0.208. The van der Waals surface area contributed by atoms with Gasteiger partial charge in [-0.25, -0.2) is 4.39 Å². The van der Waals surface area contributed by atoms with Gasteiger partial charge >= 0.3 is 0 Å². The molecule has 3 aromatic rings. The number of hydrogen-bond donors (Lipinski definition) is 2. The first-order valence-corrected chi connectivity index (χ1v) is 11.1. The third kappa shape index (κ3) is 5.08. The standard InChI is InChI=1S/C24H20Cl2FN3O4/c1-33-19-7-6-16(24(32)30-22-17(25)10-28-11-18(22)26)21-14(12-34-23(19)21)8-20(31)29-9-13-2-4-15(27)5-3-13/h2-7,10-11,14H,8-9,12H2,1H3,(H,29,31)(H,28,30,32). The number of pyridine rings is 1. The molecule has 0 radical (unpaired) electrons. The lowest BCUT2D eigenvalue weighted by atomic mass is 9.92. The second kappa shape index (κ2) is 10.3. The van der Waals surface area contributed by atoms with Crippen molar-refractivity contribution >= 4 is 40.7 Å². The molecule has 1 aliphatic heterocycles. The van der Waals surface area contributed by atoms with Gasteiger partial charge in [0.2, 0.25) is 5.91 Å². The van der Waals surface area contributed by atoms with Gasteiger partial charge in [-0.05, 0) is 29.8 Å². The molecule has 10 heteroatoms. The van der Waals surface area contributed by atoms with Gasteiger partial charge < -0.3 is 20.1 Å². The molecule has 0 spiro atoms. The summed E-state index contributed by atoms with van der Waals surface area (Å²) in [5, 5.41) is 5.92. The number of ether oxygens (including phenoxy) is 2. The molecule has 2 heterocycles. The topological polar surface area (TPSA) is 89.6 Å². The van der Waals surface area contributed by atoms with E-state index in [9.17, 15) is 14.0 Å². The van der Waals surface area contributed by atoms with E-state index >= 15 is 0 Å². The third-order valence-corrected chi connectivity index (χ3v) is 5.96. The molecule has 4 rings (SSSR count). The van der Waals surface area contributed by atoms with Gasteiger partial charge in [0.1, 0.15) is 5.82 Å². The number of aromatic nitrogens is 1. The Morgan fingerprint density at radius 1 is 1.15 bits per heavy atom. The van der Waals surface area contributed by atoms with Crippen LogP contribution in [0, 0.1) is 5.82 Å². The Hall–Kier alpha value is -3.36. The van der Waals surface area contributed by atoms with Crippen LogP contribution in [0.1, 0.15) is 33.8 Å². The molecule has 7 nitrogen and oxygen atoms in total. The number of nitrogens with zero attached hydrogens (tertiary/aromatic N) is 1. The summed E-state index contributed by atoms with van der Waals surface area (Å²) in [6.07, 6.45) is 2.83. The Bertz CT molecular complexity index is 1220. The highest BCUT2D eigenvalue weighted by Crippen LogP contribution is 2.45. The number of hydrogen-bond acceptors (Lipinski definition) is 5. The van der Waals surface area contributed by atoms with E-state index in [1.807, 2.05) is 0 Å². The maximum absolute atomic E-state index is 13.2. The van der Waals surface area contributed by atoms with Gasteiger partial charge in [-0.15, -0.1) is 0 Å². The minimum Gasteiger partial charge on any atom is -0.493 e. The molecule has 34 heavy (non-hydrogen) atoms. The largest absolute Gasteiger partial charge is 0.493 e. The van der Waals surface area contributed by atoms with Crippen molar-refractivity contribution in [1.82, 2.24) is 10.3 Å². The van der Waals surface area contributed by atoms with Crippen molar-refractivity contribution in [3.05, 3.63) is 81.3 Å². The van der Waals surface area contributed by atoms with Crippen molar-refractivity contribution in [2.75, 3.05) is 19.0 Å². The molecule has 2 N–H and O–H groups in total. The smallest absolute Gasteiger partial charge is 0.256 e. The van der Waals surface area contributed by atoms with E-state index in [4.69, 9.17) is 32.7 Å². The van der Waals surface area contributed by atoms with Crippen molar-refractivity contribution in [2.24, 2.45) is 0 Å². The Kier molecular flexibility index (Phi) is 7.19. The van der Waals surface area contributed by atoms with Gasteiger partial charge in [0.15, 0.2) is 11.5 Å². The molecule has 0 aliphatic carbocycles. The van der Waals surface area contributed by atoms with Crippen molar-refractivity contribution in [3.63, 3.8) is 0 Å². The van der Waals surface area contributed by atoms with Gasteiger partial charge in [-0.3, -0.25) is 14.6 Å². The lowest BCUT2D eigenvalue weighted by molar-refractivity contribution is -0.121. The minimum atomic E-state index is -0.462. The van der Waals surface area contributed by atoms with Crippen LogP contribution in [0.15, 0.2) is 48.8 Å². The number of methoxy groups -OCH3 is 1. The summed E-state index contributed by atoms with van der Waals surface area (Å²) in [6, 6.07) is 9.11. The Labute approximate surface area is 205 Å². The van der Waals surface area contributed by atoms with Gasteiger partial charge in [0.25, 0.3) is 5.91 Å². The van der Waals surface area contributed by atoms with E-state index < -0.39 is 5.91 Å². The molecule has 176 valence electrons. The number of benzene rings is 2. The molecule has 1 aromatic heterocycles. The second-order valence-electron chi connectivity index (χ2n) is 7.61. The van der Waals surface area contributed by atoms with Gasteiger partial charge in [-0.1, -0.05) is 35.3 Å². The van der Waals surface area contributed by atoms with Crippen LogP contribution in [0.5, 0.6) is 11.5 Å². The zero-order valence-electron chi connectivity index (χ0n) is 18.0. The maximum Gasteiger partial charge on any atom is 0.256 e. The van der Waals surface area contributed by atoms with Crippen LogP contribution in [0.4, 0.5) is 10.1 Å². The first kappa shape index (κ1) is 23.8. The van der Waals surface area contributed by atoms with Crippen LogP contribution in [-0.2, 0) is 11.3 Å². The number of rotatable bonds is 7. The average Bonchev–Trinajstić information content (AvgIpc) is 3.24. The van der Waals surface area contributed by atoms with Crippen LogP contribution >= 0.6 is 23.2 Å². The molecule has 0 saturated heterocycles. The molecule has 2 aromatic carbocycles. The minimum absolute atomic E-state index is 0.0818. The summed E-state index contributed by atoms with van der Waals surface area (Å²) in [4.78, 5) is 29.7. The van der Waals surface area contributed by atoms with E-state index in [1.54, 1.807) is 24.3 Å². The van der Waals surface area contributed by atoms with Crippen molar-refractivity contribution < 1.29 is 23.5 Å². The van der Waals surface area contributed by atoms with E-state index in [0.29, 0.717) is 22.6 Å². The summed E-state index contributed by atoms with van der Waals surface area (Å²) in [5.41, 5.74) is 1.88. The molecular weight excluding hydrogens is 484 g/mol. The Balaban J connectivity index is 1.54. The highest BCUT2D eigenvalue weighted by molar-refractivity contribution is 6.39. The number of halogens is 3. The molecule has 1 unspecified atom stereocenters. The fourth-order valence-electron chi connectivity index (χ4n) is 3.73. The summed E-state index contributed by atoms with van der Waals surface area (Å²) < 4.78 is 24.3. The van der Waals surface area contributed by atoms with Gasteiger partial charge in [-0.2, -0.15) is 0 Å². The summed E-state index contributed by atoms with van der Waals surface area (Å²) in [7, 11) is 1.50. The fourth-order valence-corrected chi connectivity index (χ4v) is 4.19. The molecule has 0 bridgehead atoms. The summed E-state index contributed by atoms with van der Waals surface area (Å²) in [5.74, 6) is -0.554. The Morgan fingerprint density at radius 3 is 2.53 bits per heavy atom. The van der Waals surface area contributed by atoms with Crippen LogP contribution in [-0.4, -0.2) is 30.5 Å². The zero-order chi connectivity index (χ0) is 24.2. The highest BCUT2D eigenvalue weighted by Gasteiger charge is 2.34. The average molecular weight is 504 g/mol. The van der Waals surface area contributed by atoms with Crippen LogP contribution in [0.3, 0.4) is 0 Å². The number of carbonyl (C=O) groups excluding carboxylic acids is 2. The molecular formula is C24H20Cl2FN3O4. The summed E-state index contributed by atoms with van der Waals surface area (Å²) >= 11 is 12.3. The lowest BCUT2D eigenvalue weighted by Crippen LogP contribution is -2.25. The molecule has 0 saturated carbocycles. The van der Waals surface area contributed by atoms with Crippen molar-refractivity contribution in [3.8, 4) is 11.5 Å². The summed E-state index contributed by atoms with van der Waals surface area (Å²) in [6.45, 7) is 0.459. The number of anilines is 1. The Morgan fingerprint density at radius 2 is 1.85 bits per heavy atom. The highest BCUT2D eigenvalue weighted by atomic mass is 35.5. The lowest BCUT2D eigenvalue weighted by Gasteiger charge is -2.16. The van der Waals surface area contributed by atoms with Crippen molar-refractivity contribution in [2.45, 2.75) is 18.9 Å².